The van der Waals surface area contributed by atoms with E-state index in [1.54, 1.807) is 42.7 Å². The molecule has 1 aliphatic rings. The van der Waals surface area contributed by atoms with Crippen LogP contribution in [0, 0.1) is 41.5 Å². The molecule has 3 aromatic rings. The maximum absolute atomic E-state index is 6.49. The van der Waals surface area contributed by atoms with Gasteiger partial charge in [0.05, 0.1) is 42.7 Å². The van der Waals surface area contributed by atoms with Crippen LogP contribution < -0.4 is 44.0 Å². The Kier molecular flexibility index (Phi) is 9.98. The summed E-state index contributed by atoms with van der Waals surface area (Å²) < 4.78 is 38.7. The minimum absolute atomic E-state index is 0.0905. The van der Waals surface area contributed by atoms with E-state index in [-0.39, 0.29) is 5.54 Å². The monoisotopic (exact) mass is 644 g/mol. The number of hydrogen-bond donors (Lipinski definition) is 0. The van der Waals surface area contributed by atoms with Crippen LogP contribution in [0.4, 0.5) is 0 Å². The first-order chi connectivity index (χ1) is 21.7. The Hall–Kier alpha value is -3.84. The van der Waals surface area contributed by atoms with Gasteiger partial charge in [0.25, 0.3) is 0 Å². The van der Waals surface area contributed by atoms with E-state index in [1.807, 2.05) is 0 Å². The second kappa shape index (κ2) is 13.1. The second-order valence-electron chi connectivity index (χ2n) is 12.6. The Labute approximate surface area is 277 Å². The molecule has 0 atom stereocenters. The maximum Gasteiger partial charge on any atom is 0.187 e. The lowest BCUT2D eigenvalue weighted by Crippen LogP contribution is -2.71. The largest absolute Gasteiger partial charge is 0.497 e. The van der Waals surface area contributed by atoms with E-state index in [0.29, 0.717) is 0 Å². The zero-order valence-electron chi connectivity index (χ0n) is 30.8. The molecule has 1 aliphatic carbocycles. The first-order valence-electron chi connectivity index (χ1n) is 15.8. The van der Waals surface area contributed by atoms with Crippen molar-refractivity contribution in [2.24, 2.45) is 0 Å². The third kappa shape index (κ3) is 4.89. The summed E-state index contributed by atoms with van der Waals surface area (Å²) in [7, 11) is 6.87. The Morgan fingerprint density at radius 2 is 0.674 bits per heavy atom. The van der Waals surface area contributed by atoms with Gasteiger partial charge >= 0.3 is 0 Å². The molecule has 6 nitrogen and oxygen atoms in total. The SMILES string of the molecule is COc1cc(C)c(C)c(OC)c1[Si](c1c(OC)cc(C)c(C)c1OC)(c1c(OC)cc(C)c(C)c1OC)C1C(C)=C(C)C(C)=C1C. The molecule has 0 saturated heterocycles. The molecule has 0 heterocycles. The molecule has 4 rings (SSSR count). The number of aryl methyl sites for hydroxylation is 3. The van der Waals surface area contributed by atoms with Gasteiger partial charge in [-0.2, -0.15) is 0 Å². The Bertz CT molecular complexity index is 1580. The summed E-state index contributed by atoms with van der Waals surface area (Å²) in [5.74, 6) is 4.61. The van der Waals surface area contributed by atoms with E-state index < -0.39 is 8.07 Å². The van der Waals surface area contributed by atoms with Gasteiger partial charge in [-0.1, -0.05) is 11.1 Å². The molecule has 0 aromatic heterocycles. The van der Waals surface area contributed by atoms with Crippen LogP contribution in [0.5, 0.6) is 34.5 Å². The molecule has 0 radical (unpaired) electrons. The van der Waals surface area contributed by atoms with Gasteiger partial charge in [0, 0.05) is 21.1 Å². The summed E-state index contributed by atoms with van der Waals surface area (Å²) >= 11 is 0. The van der Waals surface area contributed by atoms with Crippen LogP contribution >= 0.6 is 0 Å². The summed E-state index contributed by atoms with van der Waals surface area (Å²) in [6.45, 7) is 21.6. The van der Waals surface area contributed by atoms with Crippen molar-refractivity contribution in [1.82, 2.24) is 0 Å². The highest BCUT2D eigenvalue weighted by Crippen LogP contribution is 2.52. The average molecular weight is 645 g/mol. The van der Waals surface area contributed by atoms with E-state index in [2.05, 4.69) is 87.4 Å². The molecular weight excluding hydrogens is 593 g/mol. The van der Waals surface area contributed by atoms with Crippen LogP contribution in [-0.4, -0.2) is 50.7 Å². The summed E-state index contributed by atoms with van der Waals surface area (Å²) in [4.78, 5) is 0. The van der Waals surface area contributed by atoms with E-state index in [0.717, 1.165) is 83.4 Å². The number of benzene rings is 3. The van der Waals surface area contributed by atoms with E-state index in [4.69, 9.17) is 28.4 Å². The molecule has 46 heavy (non-hydrogen) atoms. The topological polar surface area (TPSA) is 55.4 Å². The summed E-state index contributed by atoms with van der Waals surface area (Å²) in [5, 5.41) is 2.98. The van der Waals surface area contributed by atoms with Gasteiger partial charge in [-0.05, 0) is 132 Å². The fourth-order valence-electron chi connectivity index (χ4n) is 7.74. The van der Waals surface area contributed by atoms with Crippen LogP contribution in [0.25, 0.3) is 0 Å². The van der Waals surface area contributed by atoms with Crippen molar-refractivity contribution in [3.8, 4) is 34.5 Å². The molecule has 0 unspecified atom stereocenters. The van der Waals surface area contributed by atoms with Crippen LogP contribution in [0.2, 0.25) is 5.54 Å². The van der Waals surface area contributed by atoms with Gasteiger partial charge < -0.3 is 28.4 Å². The van der Waals surface area contributed by atoms with Crippen LogP contribution in [0.1, 0.15) is 61.1 Å². The number of hydrogen-bond acceptors (Lipinski definition) is 6. The van der Waals surface area contributed by atoms with Crippen molar-refractivity contribution in [2.45, 2.75) is 74.8 Å². The quantitative estimate of drug-likeness (QED) is 0.173. The lowest BCUT2D eigenvalue weighted by atomic mass is 10.1. The highest BCUT2D eigenvalue weighted by Gasteiger charge is 2.59. The molecule has 0 amide bonds. The smallest absolute Gasteiger partial charge is 0.187 e. The fraction of sp³-hybridized carbons (Fsp3) is 0.436. The highest BCUT2D eigenvalue weighted by molar-refractivity contribution is 7.15. The minimum atomic E-state index is -3.62. The molecule has 3 aromatic carbocycles. The van der Waals surface area contributed by atoms with Gasteiger partial charge in [-0.15, -0.1) is 0 Å². The van der Waals surface area contributed by atoms with E-state index in [9.17, 15) is 0 Å². The summed E-state index contributed by atoms with van der Waals surface area (Å²) in [6, 6.07) is 6.42. The zero-order chi connectivity index (χ0) is 34.4. The fourth-order valence-corrected chi connectivity index (χ4v) is 14.7. The molecular formula is C39H52O6Si. The molecule has 0 saturated carbocycles. The van der Waals surface area contributed by atoms with Crippen molar-refractivity contribution in [2.75, 3.05) is 42.7 Å². The first kappa shape index (κ1) is 35.0. The molecule has 0 aliphatic heterocycles. The van der Waals surface area contributed by atoms with Crippen LogP contribution in [-0.2, 0) is 0 Å². The molecule has 0 spiro atoms. The van der Waals surface area contributed by atoms with Crippen molar-refractivity contribution >= 4 is 23.6 Å². The summed E-state index contributed by atoms with van der Waals surface area (Å²) in [5.41, 5.74) is 11.4. The number of ether oxygens (including phenoxy) is 6. The number of rotatable bonds is 10. The Morgan fingerprint density at radius 1 is 0.413 bits per heavy atom. The van der Waals surface area contributed by atoms with Gasteiger partial charge in [0.1, 0.15) is 34.5 Å². The first-order valence-corrected chi connectivity index (χ1v) is 17.8. The zero-order valence-corrected chi connectivity index (χ0v) is 31.8. The maximum atomic E-state index is 6.49. The normalized spacial score (nSPS) is 13.8. The highest BCUT2D eigenvalue weighted by atomic mass is 28.3. The third-order valence-electron chi connectivity index (χ3n) is 10.8. The van der Waals surface area contributed by atoms with Gasteiger partial charge in [0.2, 0.25) is 0 Å². The van der Waals surface area contributed by atoms with Crippen LogP contribution in [0.15, 0.2) is 40.5 Å². The Morgan fingerprint density at radius 3 is 0.891 bits per heavy atom. The number of allylic oxidation sites excluding steroid dienone is 4. The van der Waals surface area contributed by atoms with E-state index in [1.165, 1.54) is 22.3 Å². The van der Waals surface area contributed by atoms with Crippen molar-refractivity contribution in [1.29, 1.82) is 0 Å². The molecule has 0 N–H and O–H groups in total. The van der Waals surface area contributed by atoms with Crippen molar-refractivity contribution in [3.05, 3.63) is 73.9 Å². The predicted octanol–water partition coefficient (Wildman–Crippen LogP) is 7.12. The van der Waals surface area contributed by atoms with Gasteiger partial charge in [-0.3, -0.25) is 0 Å². The second-order valence-corrected chi connectivity index (χ2v) is 16.3. The average Bonchev–Trinajstić information content (AvgIpc) is 3.24. The summed E-state index contributed by atoms with van der Waals surface area (Å²) in [6.07, 6.45) is 0. The van der Waals surface area contributed by atoms with Gasteiger partial charge in [0.15, 0.2) is 8.07 Å². The third-order valence-corrected chi connectivity index (χ3v) is 16.3. The lowest BCUT2D eigenvalue weighted by Gasteiger charge is -2.44. The molecule has 0 bridgehead atoms. The van der Waals surface area contributed by atoms with Crippen LogP contribution in [0.3, 0.4) is 0 Å². The van der Waals surface area contributed by atoms with Gasteiger partial charge in [-0.25, -0.2) is 0 Å². The minimum Gasteiger partial charge on any atom is -0.497 e. The number of methoxy groups -OCH3 is 6. The van der Waals surface area contributed by atoms with E-state index >= 15 is 0 Å². The lowest BCUT2D eigenvalue weighted by molar-refractivity contribution is 0.393. The molecule has 248 valence electrons. The predicted molar refractivity (Wildman–Crippen MR) is 192 cm³/mol. The standard InChI is InChI=1S/C39H52O6Si/c1-20-17-30(40-11)37(33(43-14)23(20)4)46(36-28(9)26(7)27(8)29(36)10,38-31(41-12)18-21(2)24(5)34(38)44-15)39-32(42-13)19-22(3)25(6)35(39)45-16/h17-19,36H,1-16H3. The van der Waals surface area contributed by atoms with Crippen molar-refractivity contribution in [3.63, 3.8) is 0 Å². The van der Waals surface area contributed by atoms with Crippen molar-refractivity contribution < 1.29 is 28.4 Å². The molecule has 7 heteroatoms. The Balaban J connectivity index is 2.63. The molecule has 0 fully saturated rings.